The maximum atomic E-state index is 12.1. The minimum atomic E-state index is -1.23. The van der Waals surface area contributed by atoms with Gasteiger partial charge in [0.2, 0.25) is 11.7 Å². The average molecular weight is 313 g/mol. The summed E-state index contributed by atoms with van der Waals surface area (Å²) < 4.78 is 5.47. The van der Waals surface area contributed by atoms with Crippen LogP contribution >= 0.6 is 0 Å². The number of carbonyl (C=O) groups is 3. The Balaban J connectivity index is 4.70. The molecule has 2 atom stereocenters. The van der Waals surface area contributed by atoms with E-state index < -0.39 is 29.8 Å². The summed E-state index contributed by atoms with van der Waals surface area (Å²) in [4.78, 5) is 37.0. The van der Waals surface area contributed by atoms with Gasteiger partial charge in [0, 0.05) is 6.42 Å². The number of Topliss-reactive ketones (excluding diaryl/α,β-unsaturated/α-hetero) is 1. The summed E-state index contributed by atoms with van der Waals surface area (Å²) in [6.07, 6.45) is 0.773. The summed E-state index contributed by atoms with van der Waals surface area (Å²) in [7, 11) is 0. The summed E-state index contributed by atoms with van der Waals surface area (Å²) in [5.41, 5.74) is 8.22. The van der Waals surface area contributed by atoms with Gasteiger partial charge in [0.05, 0.1) is 6.10 Å². The first-order chi connectivity index (χ1) is 10.3. The molecule has 0 heterocycles. The zero-order chi connectivity index (χ0) is 17.1. The summed E-state index contributed by atoms with van der Waals surface area (Å²) in [6, 6.07) is -1.20. The van der Waals surface area contributed by atoms with Crippen molar-refractivity contribution in [1.29, 1.82) is 0 Å². The Kier molecular flexibility index (Phi) is 9.65. The Labute approximate surface area is 129 Å². The van der Waals surface area contributed by atoms with Crippen LogP contribution in [0, 0.1) is 0 Å². The fourth-order valence-corrected chi connectivity index (χ4v) is 1.79. The first kappa shape index (κ1) is 19.9. The van der Waals surface area contributed by atoms with Crippen molar-refractivity contribution >= 4 is 23.9 Å². The van der Waals surface area contributed by atoms with Crippen molar-refractivity contribution in [3.05, 3.63) is 5.53 Å². The zero-order valence-electron chi connectivity index (χ0n) is 13.1. The number of amides is 1. The fraction of sp³-hybridized carbons (Fsp3) is 0.714. The van der Waals surface area contributed by atoms with Gasteiger partial charge in [-0.1, -0.05) is 13.3 Å². The lowest BCUT2D eigenvalue weighted by molar-refractivity contribution is -0.146. The fourth-order valence-electron chi connectivity index (χ4n) is 1.79. The number of ketones is 1. The minimum absolute atomic E-state index is 0.0908. The molecule has 0 aliphatic rings. The standard InChI is InChI=1S/C14H23N3O5/c1-4-5-12(22-9(2)3)13(19)17-11(14(20)21)7-6-10(18)8-16-15/h8-9,11-12H,4-7H2,1-3H3,(H,17,19)(H,20,21)/t11-,12-/m0/s1. The Hall–Kier alpha value is -2.05. The SMILES string of the molecule is CCC[C@H](OC(C)C)C(=O)N[C@@H](CCC(=O)C=[N+]=[N-])C(=O)O. The van der Waals surface area contributed by atoms with E-state index >= 15 is 0 Å². The third kappa shape index (κ3) is 8.28. The highest BCUT2D eigenvalue weighted by atomic mass is 16.5. The van der Waals surface area contributed by atoms with Crippen LogP contribution in [0.5, 0.6) is 0 Å². The van der Waals surface area contributed by atoms with Crippen LogP contribution in [0.15, 0.2) is 0 Å². The lowest BCUT2D eigenvalue weighted by atomic mass is 10.1. The molecule has 0 aromatic heterocycles. The summed E-state index contributed by atoms with van der Waals surface area (Å²) in [6.45, 7) is 5.47. The molecule has 0 bridgehead atoms. The molecular formula is C14H23N3O5. The van der Waals surface area contributed by atoms with Gasteiger partial charge in [0.25, 0.3) is 0 Å². The highest BCUT2D eigenvalue weighted by Gasteiger charge is 2.26. The molecule has 2 N–H and O–H groups in total. The lowest BCUT2D eigenvalue weighted by Crippen LogP contribution is -2.47. The van der Waals surface area contributed by atoms with Crippen LogP contribution < -0.4 is 5.32 Å². The topological polar surface area (TPSA) is 129 Å². The molecule has 8 heteroatoms. The van der Waals surface area contributed by atoms with Crippen LogP contribution in [-0.4, -0.2) is 52.0 Å². The molecule has 0 saturated heterocycles. The molecule has 0 unspecified atom stereocenters. The molecule has 22 heavy (non-hydrogen) atoms. The second-order valence-electron chi connectivity index (χ2n) is 5.11. The Morgan fingerprint density at radius 1 is 1.32 bits per heavy atom. The van der Waals surface area contributed by atoms with E-state index in [9.17, 15) is 14.4 Å². The molecular weight excluding hydrogens is 290 g/mol. The zero-order valence-corrected chi connectivity index (χ0v) is 13.1. The van der Waals surface area contributed by atoms with Crippen LogP contribution in [-0.2, 0) is 19.1 Å². The molecule has 124 valence electrons. The van der Waals surface area contributed by atoms with Crippen LogP contribution in [0.3, 0.4) is 0 Å². The molecule has 0 aromatic carbocycles. The normalized spacial score (nSPS) is 13.1. The van der Waals surface area contributed by atoms with E-state index in [1.54, 1.807) is 13.8 Å². The first-order valence-electron chi connectivity index (χ1n) is 7.20. The van der Waals surface area contributed by atoms with Gasteiger partial charge in [0.1, 0.15) is 12.1 Å². The number of hydrogen-bond donors (Lipinski definition) is 2. The first-order valence-corrected chi connectivity index (χ1v) is 7.20. The van der Waals surface area contributed by atoms with Crippen LogP contribution in [0.25, 0.3) is 5.53 Å². The van der Waals surface area contributed by atoms with E-state index in [0.29, 0.717) is 19.1 Å². The smallest absolute Gasteiger partial charge is 0.326 e. The molecule has 0 saturated carbocycles. The number of carboxylic acids is 1. The number of nitrogens with one attached hydrogen (secondary N) is 1. The summed E-state index contributed by atoms with van der Waals surface area (Å²) in [5, 5.41) is 11.5. The molecule has 0 aliphatic heterocycles. The maximum absolute atomic E-state index is 12.1. The van der Waals surface area contributed by atoms with Gasteiger partial charge in [-0.05, 0) is 26.7 Å². The van der Waals surface area contributed by atoms with Crippen molar-refractivity contribution in [2.24, 2.45) is 0 Å². The third-order valence-corrected chi connectivity index (χ3v) is 2.78. The molecule has 0 aromatic rings. The molecule has 1 amide bonds. The Morgan fingerprint density at radius 3 is 2.41 bits per heavy atom. The van der Waals surface area contributed by atoms with Crippen LogP contribution in [0.4, 0.5) is 0 Å². The molecule has 0 radical (unpaired) electrons. The molecule has 8 nitrogen and oxygen atoms in total. The second-order valence-corrected chi connectivity index (χ2v) is 5.11. The van der Waals surface area contributed by atoms with Gasteiger partial charge in [-0.25, -0.2) is 4.79 Å². The van der Waals surface area contributed by atoms with Gasteiger partial charge in [-0.3, -0.25) is 9.59 Å². The van der Waals surface area contributed by atoms with E-state index in [1.807, 2.05) is 6.92 Å². The number of ether oxygens (including phenoxy) is 1. The van der Waals surface area contributed by atoms with Crippen molar-refractivity contribution < 1.29 is 29.0 Å². The monoisotopic (exact) mass is 313 g/mol. The van der Waals surface area contributed by atoms with Crippen molar-refractivity contribution in [3.63, 3.8) is 0 Å². The molecule has 0 aliphatic carbocycles. The van der Waals surface area contributed by atoms with Gasteiger partial charge in [-0.2, -0.15) is 4.79 Å². The average Bonchev–Trinajstić information content (AvgIpc) is 2.42. The highest BCUT2D eigenvalue weighted by Crippen LogP contribution is 2.08. The van der Waals surface area contributed by atoms with Crippen molar-refractivity contribution in [2.45, 2.75) is 64.7 Å². The summed E-state index contributed by atoms with van der Waals surface area (Å²) in [5.74, 6) is -2.26. The van der Waals surface area contributed by atoms with Crippen molar-refractivity contribution in [1.82, 2.24) is 5.32 Å². The third-order valence-electron chi connectivity index (χ3n) is 2.78. The Morgan fingerprint density at radius 2 is 1.95 bits per heavy atom. The van der Waals surface area contributed by atoms with Gasteiger partial charge >= 0.3 is 12.2 Å². The molecule has 0 spiro atoms. The lowest BCUT2D eigenvalue weighted by Gasteiger charge is -2.22. The predicted octanol–water partition coefficient (Wildman–Crippen LogP) is 0.799. The minimum Gasteiger partial charge on any atom is -0.480 e. The van der Waals surface area contributed by atoms with E-state index in [-0.39, 0.29) is 18.9 Å². The van der Waals surface area contributed by atoms with Crippen molar-refractivity contribution in [2.75, 3.05) is 0 Å². The largest absolute Gasteiger partial charge is 0.480 e. The second kappa shape index (κ2) is 10.6. The summed E-state index contributed by atoms with van der Waals surface area (Å²) >= 11 is 0. The maximum Gasteiger partial charge on any atom is 0.326 e. The van der Waals surface area contributed by atoms with E-state index in [1.165, 1.54) is 0 Å². The van der Waals surface area contributed by atoms with Crippen LogP contribution in [0.2, 0.25) is 0 Å². The number of nitrogens with zero attached hydrogens (tertiary/aromatic N) is 2. The predicted molar refractivity (Wildman–Crippen MR) is 78.4 cm³/mol. The van der Waals surface area contributed by atoms with E-state index in [2.05, 4.69) is 10.1 Å². The van der Waals surface area contributed by atoms with E-state index in [0.717, 1.165) is 0 Å². The van der Waals surface area contributed by atoms with Gasteiger partial charge < -0.3 is 20.7 Å². The Bertz CT molecular complexity index is 444. The number of rotatable bonds is 11. The number of hydrogen-bond acceptors (Lipinski definition) is 4. The molecule has 0 rings (SSSR count). The van der Waals surface area contributed by atoms with Gasteiger partial charge in [-0.15, -0.1) is 0 Å². The van der Waals surface area contributed by atoms with Crippen molar-refractivity contribution in [3.8, 4) is 0 Å². The van der Waals surface area contributed by atoms with Gasteiger partial charge in [0.15, 0.2) is 0 Å². The number of carboxylic acid groups (broad SMARTS) is 1. The van der Waals surface area contributed by atoms with E-state index in [4.69, 9.17) is 15.4 Å². The van der Waals surface area contributed by atoms with Crippen LogP contribution in [0.1, 0.15) is 46.5 Å². The molecule has 0 fully saturated rings. The number of aliphatic carboxylic acids is 1. The number of carbonyl (C=O) groups excluding carboxylic acids is 2. The quantitative estimate of drug-likeness (QED) is 0.331. The highest BCUT2D eigenvalue weighted by molar-refractivity contribution is 6.25.